The standard InChI is InChI=1S/C13H25OSi.3C4H9.Sn/c1-6-10-13(11-7-2,12-8-9-12)14-15(3,4)5;3*1-3-4-2;/h1,6,12H,7-11H2,2-5H3;3*1,3-4H2,2H3;. The van der Waals surface area contributed by atoms with Crippen molar-refractivity contribution in [3.05, 3.63) is 10.2 Å². The van der Waals surface area contributed by atoms with Crippen LogP contribution in [0, 0.1) is 5.92 Å². The molecule has 0 aromatic heterocycles. The van der Waals surface area contributed by atoms with Crippen molar-refractivity contribution < 1.29 is 4.43 Å². The summed E-state index contributed by atoms with van der Waals surface area (Å²) in [4.78, 5) is 0. The summed E-state index contributed by atoms with van der Waals surface area (Å²) in [6, 6.07) is 0. The van der Waals surface area contributed by atoms with E-state index in [0.29, 0.717) is 0 Å². The fourth-order valence-electron chi connectivity index (χ4n) is 5.01. The molecule has 1 nitrogen and oxygen atoms in total. The summed E-state index contributed by atoms with van der Waals surface area (Å²) >= 11 is -2.16. The predicted octanol–water partition coefficient (Wildman–Crippen LogP) is 9.12. The van der Waals surface area contributed by atoms with Crippen LogP contribution >= 0.6 is 0 Å². The van der Waals surface area contributed by atoms with Crippen LogP contribution in [0.5, 0.6) is 0 Å². The predicted molar refractivity (Wildman–Crippen MR) is 133 cm³/mol. The zero-order chi connectivity index (χ0) is 21.1. The molecule has 0 radical (unpaired) electrons. The van der Waals surface area contributed by atoms with Crippen LogP contribution in [-0.4, -0.2) is 32.3 Å². The molecule has 0 saturated heterocycles. The molecular formula is C25H52OSiSn. The van der Waals surface area contributed by atoms with Gasteiger partial charge in [0.15, 0.2) is 0 Å². The topological polar surface area (TPSA) is 9.23 Å². The van der Waals surface area contributed by atoms with E-state index in [-0.39, 0.29) is 5.60 Å². The van der Waals surface area contributed by atoms with E-state index < -0.39 is 26.7 Å². The Kier molecular flexibility index (Phi) is 12.6. The minimum absolute atomic E-state index is 0.160. The van der Waals surface area contributed by atoms with E-state index in [1.165, 1.54) is 70.6 Å². The molecule has 0 spiro atoms. The van der Waals surface area contributed by atoms with Crippen LogP contribution in [0.4, 0.5) is 0 Å². The second-order valence-corrected chi connectivity index (χ2v) is 28.0. The van der Waals surface area contributed by atoms with Gasteiger partial charge in [-0.2, -0.15) is 0 Å². The van der Waals surface area contributed by atoms with E-state index in [9.17, 15) is 0 Å². The summed E-state index contributed by atoms with van der Waals surface area (Å²) in [5.41, 5.74) is 0.160. The fourth-order valence-corrected chi connectivity index (χ4v) is 21.0. The van der Waals surface area contributed by atoms with E-state index in [1.54, 1.807) is 13.3 Å². The second-order valence-electron chi connectivity index (χ2n) is 10.6. The van der Waals surface area contributed by atoms with Crippen LogP contribution in [-0.2, 0) is 4.43 Å². The molecule has 1 atom stereocenters. The van der Waals surface area contributed by atoms with Gasteiger partial charge in [0.25, 0.3) is 0 Å². The summed E-state index contributed by atoms with van der Waals surface area (Å²) in [7, 11) is -1.53. The first-order chi connectivity index (χ1) is 13.3. The van der Waals surface area contributed by atoms with Gasteiger partial charge in [-0.1, -0.05) is 0 Å². The van der Waals surface area contributed by atoms with Crippen LogP contribution in [0.1, 0.15) is 98.3 Å². The molecule has 3 heteroatoms. The molecule has 1 unspecified atom stereocenters. The first-order valence-electron chi connectivity index (χ1n) is 12.6. The molecule has 0 heterocycles. The van der Waals surface area contributed by atoms with Crippen molar-refractivity contribution in [2.24, 2.45) is 5.92 Å². The molecule has 0 amide bonds. The summed E-state index contributed by atoms with van der Waals surface area (Å²) in [5.74, 6) is 0.829. The maximum absolute atomic E-state index is 6.96. The van der Waals surface area contributed by atoms with E-state index in [2.05, 4.69) is 57.5 Å². The summed E-state index contributed by atoms with van der Waals surface area (Å²) in [6.45, 7) is 16.6. The van der Waals surface area contributed by atoms with Crippen LogP contribution in [0.15, 0.2) is 10.2 Å². The molecule has 166 valence electrons. The monoisotopic (exact) mass is 516 g/mol. The number of unbranched alkanes of at least 4 members (excludes halogenated alkanes) is 3. The molecule has 0 aromatic carbocycles. The van der Waals surface area contributed by atoms with Crippen LogP contribution < -0.4 is 0 Å². The first-order valence-corrected chi connectivity index (χ1v) is 23.8. The Morgan fingerprint density at radius 3 is 1.71 bits per heavy atom. The van der Waals surface area contributed by atoms with E-state index >= 15 is 0 Å². The molecule has 28 heavy (non-hydrogen) atoms. The molecule has 1 rings (SSSR count). The summed E-state index contributed by atoms with van der Waals surface area (Å²) in [5, 5.41) is 0. The first kappa shape index (κ1) is 26.8. The number of rotatable bonds is 17. The van der Waals surface area contributed by atoms with Gasteiger partial charge in [0.1, 0.15) is 0 Å². The van der Waals surface area contributed by atoms with Gasteiger partial charge < -0.3 is 0 Å². The fraction of sp³-hybridized carbons (Fsp3) is 0.920. The second kappa shape index (κ2) is 13.2. The van der Waals surface area contributed by atoms with Gasteiger partial charge in [-0.15, -0.1) is 0 Å². The van der Waals surface area contributed by atoms with Gasteiger partial charge in [0.05, 0.1) is 0 Å². The molecule has 1 fully saturated rings. The van der Waals surface area contributed by atoms with Crippen molar-refractivity contribution in [2.75, 3.05) is 0 Å². The molecule has 0 aromatic rings. The zero-order valence-electron chi connectivity index (χ0n) is 20.5. The summed E-state index contributed by atoms with van der Waals surface area (Å²) in [6.07, 6.45) is 17.7. The Hall–Kier alpha value is 0.716. The van der Waals surface area contributed by atoms with Crippen molar-refractivity contribution in [1.29, 1.82) is 0 Å². The maximum atomic E-state index is 6.96. The van der Waals surface area contributed by atoms with E-state index in [0.717, 1.165) is 5.92 Å². The zero-order valence-corrected chi connectivity index (χ0v) is 24.4. The van der Waals surface area contributed by atoms with Crippen LogP contribution in [0.3, 0.4) is 0 Å². The third-order valence-corrected chi connectivity index (χ3v) is 21.8. The molecule has 1 aliphatic rings. The minimum atomic E-state index is -2.16. The van der Waals surface area contributed by atoms with Crippen molar-refractivity contribution in [1.82, 2.24) is 0 Å². The Morgan fingerprint density at radius 1 is 0.857 bits per heavy atom. The van der Waals surface area contributed by atoms with Gasteiger partial charge in [0.2, 0.25) is 0 Å². The Bertz CT molecular complexity index is 417. The van der Waals surface area contributed by atoms with Crippen molar-refractivity contribution >= 4 is 26.7 Å². The van der Waals surface area contributed by atoms with Gasteiger partial charge in [0, 0.05) is 0 Å². The average molecular weight is 515 g/mol. The van der Waals surface area contributed by atoms with Crippen molar-refractivity contribution in [3.63, 3.8) is 0 Å². The molecule has 1 aliphatic carbocycles. The normalized spacial score (nSPS) is 18.0. The van der Waals surface area contributed by atoms with Crippen LogP contribution in [0.2, 0.25) is 33.0 Å². The molecular weight excluding hydrogens is 463 g/mol. The van der Waals surface area contributed by atoms with Gasteiger partial charge in [-0.3, -0.25) is 0 Å². The van der Waals surface area contributed by atoms with Gasteiger partial charge in [-0.05, 0) is 0 Å². The van der Waals surface area contributed by atoms with Crippen molar-refractivity contribution in [3.8, 4) is 0 Å². The Morgan fingerprint density at radius 2 is 1.36 bits per heavy atom. The van der Waals surface area contributed by atoms with Crippen LogP contribution in [0.25, 0.3) is 0 Å². The number of hydrogen-bond donors (Lipinski definition) is 0. The molecule has 1 saturated carbocycles. The molecule has 0 bridgehead atoms. The van der Waals surface area contributed by atoms with E-state index in [4.69, 9.17) is 4.43 Å². The molecule has 0 N–H and O–H groups in total. The van der Waals surface area contributed by atoms with Crippen molar-refractivity contribution in [2.45, 2.75) is 137 Å². The quantitative estimate of drug-likeness (QED) is 0.176. The third kappa shape index (κ3) is 9.68. The number of hydrogen-bond acceptors (Lipinski definition) is 1. The molecule has 0 aliphatic heterocycles. The third-order valence-electron chi connectivity index (χ3n) is 6.52. The summed E-state index contributed by atoms with van der Waals surface area (Å²) < 4.78 is 14.6. The Labute approximate surface area is 183 Å². The SMILES string of the molecule is CCC[CH2][Sn](/[CH]=C/CC(CCC)(O[Si](C)(C)C)C1CC1)([CH2]CCC)[CH2]CCC. The Balaban J connectivity index is 3.01. The average Bonchev–Trinajstić information content (AvgIpc) is 3.47. The van der Waals surface area contributed by atoms with Gasteiger partial charge in [-0.25, -0.2) is 0 Å². The van der Waals surface area contributed by atoms with Gasteiger partial charge >= 0.3 is 184 Å². The van der Waals surface area contributed by atoms with E-state index in [1.807, 2.05) is 0 Å².